The van der Waals surface area contributed by atoms with E-state index in [-0.39, 0.29) is 5.91 Å². The first-order valence-electron chi connectivity index (χ1n) is 10.9. The monoisotopic (exact) mass is 451 g/mol. The Morgan fingerprint density at radius 1 is 1.06 bits per heavy atom. The average Bonchev–Trinajstić information content (AvgIpc) is 3.25. The molecular formula is C24H29N5O2S. The minimum absolute atomic E-state index is 0.137. The highest BCUT2D eigenvalue weighted by Gasteiger charge is 2.23. The Morgan fingerprint density at radius 2 is 1.84 bits per heavy atom. The van der Waals surface area contributed by atoms with E-state index in [1.807, 2.05) is 35.2 Å². The molecule has 1 amide bonds. The van der Waals surface area contributed by atoms with Crippen LogP contribution in [0.2, 0.25) is 0 Å². The number of piperazine rings is 1. The van der Waals surface area contributed by atoms with Crippen molar-refractivity contribution in [2.45, 2.75) is 25.5 Å². The van der Waals surface area contributed by atoms with E-state index in [1.54, 1.807) is 7.11 Å². The maximum absolute atomic E-state index is 12.9. The molecule has 1 aliphatic heterocycles. The van der Waals surface area contributed by atoms with Gasteiger partial charge in [-0.05, 0) is 32.0 Å². The van der Waals surface area contributed by atoms with Crippen molar-refractivity contribution in [3.8, 4) is 17.1 Å². The Hall–Kier alpha value is -3.00. The second kappa shape index (κ2) is 10.1. The van der Waals surface area contributed by atoms with Gasteiger partial charge in [0.15, 0.2) is 11.0 Å². The summed E-state index contributed by atoms with van der Waals surface area (Å²) in [6.07, 6.45) is 0. The van der Waals surface area contributed by atoms with E-state index in [0.717, 1.165) is 47.6 Å². The van der Waals surface area contributed by atoms with Crippen molar-refractivity contribution in [1.82, 2.24) is 19.7 Å². The van der Waals surface area contributed by atoms with Gasteiger partial charge in [0.1, 0.15) is 5.75 Å². The fraction of sp³-hybridized carbons (Fsp3) is 0.375. The Bertz CT molecular complexity index is 1080. The number of carbonyl (C=O) groups is 1. The van der Waals surface area contributed by atoms with Crippen LogP contribution in [0.25, 0.3) is 11.4 Å². The lowest BCUT2D eigenvalue weighted by atomic mass is 10.1. The van der Waals surface area contributed by atoms with Crippen molar-refractivity contribution < 1.29 is 9.53 Å². The molecule has 7 nitrogen and oxygen atoms in total. The van der Waals surface area contributed by atoms with Gasteiger partial charge in [0.2, 0.25) is 5.91 Å². The molecule has 0 aliphatic carbocycles. The largest absolute Gasteiger partial charge is 0.495 e. The lowest BCUT2D eigenvalue weighted by molar-refractivity contribution is -0.128. The fourth-order valence-corrected chi connectivity index (χ4v) is 4.89. The molecule has 0 radical (unpaired) electrons. The van der Waals surface area contributed by atoms with Gasteiger partial charge in [-0.25, -0.2) is 0 Å². The van der Waals surface area contributed by atoms with E-state index in [4.69, 9.17) is 4.74 Å². The van der Waals surface area contributed by atoms with Crippen LogP contribution in [0.15, 0.2) is 53.7 Å². The van der Waals surface area contributed by atoms with Crippen LogP contribution in [0, 0.1) is 6.92 Å². The molecule has 0 spiro atoms. The van der Waals surface area contributed by atoms with Crippen LogP contribution in [0.4, 0.5) is 5.69 Å². The van der Waals surface area contributed by atoms with Crippen LogP contribution < -0.4 is 9.64 Å². The Balaban J connectivity index is 1.36. The summed E-state index contributed by atoms with van der Waals surface area (Å²) >= 11 is 1.46. The van der Waals surface area contributed by atoms with E-state index < -0.39 is 0 Å². The first-order valence-corrected chi connectivity index (χ1v) is 11.9. The first-order chi connectivity index (χ1) is 15.6. The molecule has 1 aliphatic rings. The molecule has 168 valence electrons. The highest BCUT2D eigenvalue weighted by Crippen LogP contribution is 2.29. The number of thioether (sulfide) groups is 1. The predicted molar refractivity (Wildman–Crippen MR) is 128 cm³/mol. The maximum Gasteiger partial charge on any atom is 0.233 e. The molecule has 0 atom stereocenters. The number of ether oxygens (including phenoxy) is 1. The molecule has 2 heterocycles. The third kappa shape index (κ3) is 4.75. The van der Waals surface area contributed by atoms with Gasteiger partial charge >= 0.3 is 0 Å². The number of methoxy groups -OCH3 is 1. The summed E-state index contributed by atoms with van der Waals surface area (Å²) in [5.41, 5.74) is 3.31. The summed E-state index contributed by atoms with van der Waals surface area (Å²) in [6.45, 7) is 7.88. The molecular weight excluding hydrogens is 422 g/mol. The summed E-state index contributed by atoms with van der Waals surface area (Å²) in [5.74, 6) is 2.21. The first kappa shape index (κ1) is 22.2. The number of carbonyl (C=O) groups excluding carboxylic acids is 1. The van der Waals surface area contributed by atoms with E-state index in [2.05, 4.69) is 51.7 Å². The zero-order valence-electron chi connectivity index (χ0n) is 18.8. The molecule has 32 heavy (non-hydrogen) atoms. The quantitative estimate of drug-likeness (QED) is 0.510. The van der Waals surface area contributed by atoms with Crippen molar-refractivity contribution in [3.63, 3.8) is 0 Å². The molecule has 0 N–H and O–H groups in total. The Kier molecular flexibility index (Phi) is 6.99. The number of amides is 1. The van der Waals surface area contributed by atoms with Gasteiger partial charge in [-0.2, -0.15) is 0 Å². The molecule has 0 bridgehead atoms. The number of hydrogen-bond donors (Lipinski definition) is 0. The number of para-hydroxylation sites is 2. The molecule has 0 saturated carbocycles. The molecule has 0 unspecified atom stereocenters. The lowest BCUT2D eigenvalue weighted by Gasteiger charge is -2.36. The summed E-state index contributed by atoms with van der Waals surface area (Å²) in [4.78, 5) is 17.1. The van der Waals surface area contributed by atoms with E-state index >= 15 is 0 Å². The number of benzene rings is 2. The molecule has 8 heteroatoms. The van der Waals surface area contributed by atoms with Crippen LogP contribution in [0.5, 0.6) is 5.75 Å². The van der Waals surface area contributed by atoms with Gasteiger partial charge in [-0.3, -0.25) is 4.79 Å². The highest BCUT2D eigenvalue weighted by molar-refractivity contribution is 7.99. The molecule has 2 aromatic carbocycles. The SMILES string of the molecule is CCn1c(SCC(=O)N2CCN(c3ccccc3OC)CC2)nnc1-c1cccc(C)c1. The minimum Gasteiger partial charge on any atom is -0.495 e. The number of aryl methyl sites for hydroxylation is 1. The average molecular weight is 452 g/mol. The molecule has 1 aromatic heterocycles. The number of rotatable bonds is 7. The predicted octanol–water partition coefficient (Wildman–Crippen LogP) is 3.72. The standard InChI is InChI=1S/C24H29N5O2S/c1-4-29-23(19-9-7-8-18(2)16-19)25-26-24(29)32-17-22(30)28-14-12-27(13-15-28)20-10-5-6-11-21(20)31-3/h5-11,16H,4,12-15,17H2,1-3H3. The van der Waals surface area contributed by atoms with Gasteiger partial charge in [-0.15, -0.1) is 10.2 Å². The van der Waals surface area contributed by atoms with E-state index in [0.29, 0.717) is 18.8 Å². The second-order valence-electron chi connectivity index (χ2n) is 7.75. The Morgan fingerprint density at radius 3 is 2.56 bits per heavy atom. The van der Waals surface area contributed by atoms with Crippen LogP contribution in [-0.2, 0) is 11.3 Å². The van der Waals surface area contributed by atoms with Crippen LogP contribution in [-0.4, -0.2) is 64.6 Å². The van der Waals surface area contributed by atoms with E-state index in [1.165, 1.54) is 17.3 Å². The highest BCUT2D eigenvalue weighted by atomic mass is 32.2. The van der Waals surface area contributed by atoms with Crippen LogP contribution in [0.1, 0.15) is 12.5 Å². The lowest BCUT2D eigenvalue weighted by Crippen LogP contribution is -2.49. The van der Waals surface area contributed by atoms with Gasteiger partial charge in [0.05, 0.1) is 18.6 Å². The van der Waals surface area contributed by atoms with Crippen molar-refractivity contribution in [1.29, 1.82) is 0 Å². The van der Waals surface area contributed by atoms with Crippen molar-refractivity contribution in [2.75, 3.05) is 43.9 Å². The molecule has 4 rings (SSSR count). The summed E-state index contributed by atoms with van der Waals surface area (Å²) in [5, 5.41) is 9.54. The normalized spacial score (nSPS) is 14.0. The van der Waals surface area contributed by atoms with Gasteiger partial charge < -0.3 is 19.1 Å². The van der Waals surface area contributed by atoms with Gasteiger partial charge in [0.25, 0.3) is 0 Å². The smallest absolute Gasteiger partial charge is 0.233 e. The molecule has 3 aromatic rings. The summed E-state index contributed by atoms with van der Waals surface area (Å²) in [7, 11) is 1.69. The molecule has 1 fully saturated rings. The van der Waals surface area contributed by atoms with Gasteiger partial charge in [-0.1, -0.05) is 47.7 Å². The van der Waals surface area contributed by atoms with Crippen molar-refractivity contribution >= 4 is 23.4 Å². The fourth-order valence-electron chi connectivity index (χ4n) is 3.98. The van der Waals surface area contributed by atoms with Crippen LogP contribution in [0.3, 0.4) is 0 Å². The number of aromatic nitrogens is 3. The Labute approximate surface area is 193 Å². The van der Waals surface area contributed by atoms with E-state index in [9.17, 15) is 4.79 Å². The zero-order chi connectivity index (χ0) is 22.5. The summed E-state index contributed by atoms with van der Waals surface area (Å²) < 4.78 is 7.56. The van der Waals surface area contributed by atoms with Crippen molar-refractivity contribution in [2.24, 2.45) is 0 Å². The number of anilines is 1. The third-order valence-electron chi connectivity index (χ3n) is 5.69. The number of hydrogen-bond acceptors (Lipinski definition) is 6. The van der Waals surface area contributed by atoms with Crippen molar-refractivity contribution in [3.05, 3.63) is 54.1 Å². The zero-order valence-corrected chi connectivity index (χ0v) is 19.6. The minimum atomic E-state index is 0.137. The second-order valence-corrected chi connectivity index (χ2v) is 8.69. The summed E-state index contributed by atoms with van der Waals surface area (Å²) in [6, 6.07) is 16.3. The number of nitrogens with zero attached hydrogens (tertiary/aromatic N) is 5. The maximum atomic E-state index is 12.9. The third-order valence-corrected chi connectivity index (χ3v) is 6.64. The molecule has 1 saturated heterocycles. The van der Waals surface area contributed by atoms with Gasteiger partial charge in [0, 0.05) is 38.3 Å². The topological polar surface area (TPSA) is 63.5 Å². The van der Waals surface area contributed by atoms with Crippen LogP contribution >= 0.6 is 11.8 Å².